The molecule has 0 bridgehead atoms. The van der Waals surface area contributed by atoms with Gasteiger partial charge >= 0.3 is 0 Å². The minimum Gasteiger partial charge on any atom is -0.316 e. The molecule has 2 aliphatic heterocycles. The monoisotopic (exact) mass is 224 g/mol. The highest BCUT2D eigenvalue weighted by Gasteiger charge is 2.18. The Morgan fingerprint density at radius 1 is 1.12 bits per heavy atom. The SMILES string of the molecule is CCC1CCN(CCCC2CCNC2)CC1. The molecule has 1 atom stereocenters. The van der Waals surface area contributed by atoms with Gasteiger partial charge in [-0.2, -0.15) is 0 Å². The molecular weight excluding hydrogens is 196 g/mol. The molecule has 2 aliphatic rings. The lowest BCUT2D eigenvalue weighted by Crippen LogP contribution is -2.34. The summed E-state index contributed by atoms with van der Waals surface area (Å²) in [6.07, 6.45) is 8.56. The van der Waals surface area contributed by atoms with Gasteiger partial charge in [0.05, 0.1) is 0 Å². The number of nitrogens with zero attached hydrogens (tertiary/aromatic N) is 1. The van der Waals surface area contributed by atoms with Crippen LogP contribution in [0.2, 0.25) is 0 Å². The molecule has 0 saturated carbocycles. The average molecular weight is 224 g/mol. The van der Waals surface area contributed by atoms with E-state index in [9.17, 15) is 0 Å². The summed E-state index contributed by atoms with van der Waals surface area (Å²) in [4.78, 5) is 2.69. The maximum absolute atomic E-state index is 3.46. The molecule has 0 aliphatic carbocycles. The van der Waals surface area contributed by atoms with Gasteiger partial charge in [0.15, 0.2) is 0 Å². The van der Waals surface area contributed by atoms with Crippen LogP contribution in [0.25, 0.3) is 0 Å². The molecule has 0 aromatic rings. The fourth-order valence-corrected chi connectivity index (χ4v) is 3.18. The minimum absolute atomic E-state index is 0.980. The number of likely N-dealkylation sites (tertiary alicyclic amines) is 1. The second-order valence-electron chi connectivity index (χ2n) is 5.69. The quantitative estimate of drug-likeness (QED) is 0.772. The highest BCUT2D eigenvalue weighted by Crippen LogP contribution is 2.21. The van der Waals surface area contributed by atoms with Crippen molar-refractivity contribution in [3.05, 3.63) is 0 Å². The summed E-state index contributed by atoms with van der Waals surface area (Å²) in [6.45, 7) is 8.95. The van der Waals surface area contributed by atoms with E-state index in [1.807, 2.05) is 0 Å². The van der Waals surface area contributed by atoms with E-state index in [-0.39, 0.29) is 0 Å². The van der Waals surface area contributed by atoms with Crippen molar-refractivity contribution in [3.8, 4) is 0 Å². The first kappa shape index (κ1) is 12.4. The molecule has 1 N–H and O–H groups in total. The van der Waals surface area contributed by atoms with Crippen LogP contribution in [0.1, 0.15) is 45.4 Å². The highest BCUT2D eigenvalue weighted by molar-refractivity contribution is 4.74. The summed E-state index contributed by atoms with van der Waals surface area (Å²) >= 11 is 0. The lowest BCUT2D eigenvalue weighted by molar-refractivity contribution is 0.177. The molecule has 2 rings (SSSR count). The van der Waals surface area contributed by atoms with Gasteiger partial charge < -0.3 is 10.2 Å². The summed E-state index contributed by atoms with van der Waals surface area (Å²) in [5, 5.41) is 3.46. The van der Waals surface area contributed by atoms with E-state index in [4.69, 9.17) is 0 Å². The second-order valence-corrected chi connectivity index (χ2v) is 5.69. The standard InChI is InChI=1S/C14H28N2/c1-2-13-6-10-16(11-7-13)9-3-4-14-5-8-15-12-14/h13-15H,2-12H2,1H3. The van der Waals surface area contributed by atoms with Crippen LogP contribution >= 0.6 is 0 Å². The molecular formula is C14H28N2. The molecule has 0 spiro atoms. The summed E-state index contributed by atoms with van der Waals surface area (Å²) in [5.41, 5.74) is 0. The molecule has 1 unspecified atom stereocenters. The van der Waals surface area contributed by atoms with Gasteiger partial charge in [0, 0.05) is 0 Å². The Hall–Kier alpha value is -0.0800. The summed E-state index contributed by atoms with van der Waals surface area (Å²) in [5.74, 6) is 2.00. The second kappa shape index (κ2) is 6.61. The Labute approximate surface area is 101 Å². The summed E-state index contributed by atoms with van der Waals surface area (Å²) in [7, 11) is 0. The molecule has 2 fully saturated rings. The lowest BCUT2D eigenvalue weighted by atomic mass is 9.94. The van der Waals surface area contributed by atoms with Crippen LogP contribution in [0.4, 0.5) is 0 Å². The van der Waals surface area contributed by atoms with Gasteiger partial charge in [0.2, 0.25) is 0 Å². The van der Waals surface area contributed by atoms with Gasteiger partial charge in [-0.25, -0.2) is 0 Å². The van der Waals surface area contributed by atoms with Crippen LogP contribution in [0, 0.1) is 11.8 Å². The number of hydrogen-bond acceptors (Lipinski definition) is 2. The molecule has 0 aromatic carbocycles. The van der Waals surface area contributed by atoms with Gasteiger partial charge in [-0.15, -0.1) is 0 Å². The van der Waals surface area contributed by atoms with Crippen LogP contribution in [-0.2, 0) is 0 Å². The summed E-state index contributed by atoms with van der Waals surface area (Å²) < 4.78 is 0. The molecule has 0 radical (unpaired) electrons. The predicted octanol–water partition coefficient (Wildman–Crippen LogP) is 2.50. The Balaban J connectivity index is 1.53. The molecule has 94 valence electrons. The molecule has 2 heteroatoms. The van der Waals surface area contributed by atoms with Crippen LogP contribution < -0.4 is 5.32 Å². The third kappa shape index (κ3) is 3.74. The summed E-state index contributed by atoms with van der Waals surface area (Å²) in [6, 6.07) is 0. The number of rotatable bonds is 5. The molecule has 2 nitrogen and oxygen atoms in total. The van der Waals surface area contributed by atoms with Crippen LogP contribution in [0.5, 0.6) is 0 Å². The largest absolute Gasteiger partial charge is 0.316 e. The van der Waals surface area contributed by atoms with Crippen molar-refractivity contribution >= 4 is 0 Å². The Bertz CT molecular complexity index is 179. The van der Waals surface area contributed by atoms with Crippen molar-refractivity contribution in [2.45, 2.75) is 45.4 Å². The van der Waals surface area contributed by atoms with Crippen LogP contribution in [0.3, 0.4) is 0 Å². The van der Waals surface area contributed by atoms with Gasteiger partial charge in [0.25, 0.3) is 0 Å². The van der Waals surface area contributed by atoms with Gasteiger partial charge in [-0.05, 0) is 76.7 Å². The third-order valence-electron chi connectivity index (χ3n) is 4.53. The Morgan fingerprint density at radius 3 is 2.56 bits per heavy atom. The first-order chi connectivity index (χ1) is 7.88. The number of piperidine rings is 1. The normalized spacial score (nSPS) is 28.7. The molecule has 2 heterocycles. The maximum Gasteiger partial charge on any atom is -0.00161 e. The van der Waals surface area contributed by atoms with Crippen molar-refractivity contribution in [2.24, 2.45) is 11.8 Å². The maximum atomic E-state index is 3.46. The smallest absolute Gasteiger partial charge is 0.00161 e. The van der Waals surface area contributed by atoms with Gasteiger partial charge in [-0.1, -0.05) is 13.3 Å². The molecule has 2 saturated heterocycles. The first-order valence-electron chi connectivity index (χ1n) is 7.31. The minimum atomic E-state index is 0.980. The van der Waals surface area contributed by atoms with E-state index in [2.05, 4.69) is 17.1 Å². The van der Waals surface area contributed by atoms with E-state index < -0.39 is 0 Å². The van der Waals surface area contributed by atoms with Crippen molar-refractivity contribution in [1.82, 2.24) is 10.2 Å². The van der Waals surface area contributed by atoms with E-state index in [0.717, 1.165) is 11.8 Å². The number of nitrogens with one attached hydrogen (secondary N) is 1. The van der Waals surface area contributed by atoms with E-state index in [1.165, 1.54) is 71.2 Å². The topological polar surface area (TPSA) is 15.3 Å². The number of hydrogen-bond donors (Lipinski definition) is 1. The highest BCUT2D eigenvalue weighted by atomic mass is 15.1. The first-order valence-corrected chi connectivity index (χ1v) is 7.31. The fourth-order valence-electron chi connectivity index (χ4n) is 3.18. The Kier molecular flexibility index (Phi) is 5.11. The van der Waals surface area contributed by atoms with Gasteiger partial charge in [-0.3, -0.25) is 0 Å². The van der Waals surface area contributed by atoms with E-state index >= 15 is 0 Å². The average Bonchev–Trinajstić information content (AvgIpc) is 2.83. The fraction of sp³-hybridized carbons (Fsp3) is 1.00. The van der Waals surface area contributed by atoms with Crippen LogP contribution in [0.15, 0.2) is 0 Å². The molecule has 0 amide bonds. The zero-order chi connectivity index (χ0) is 11.2. The van der Waals surface area contributed by atoms with Crippen molar-refractivity contribution < 1.29 is 0 Å². The Morgan fingerprint density at radius 2 is 1.94 bits per heavy atom. The zero-order valence-corrected chi connectivity index (χ0v) is 10.9. The molecule has 0 aromatic heterocycles. The third-order valence-corrected chi connectivity index (χ3v) is 4.53. The van der Waals surface area contributed by atoms with Crippen molar-refractivity contribution in [2.75, 3.05) is 32.7 Å². The van der Waals surface area contributed by atoms with E-state index in [0.29, 0.717) is 0 Å². The van der Waals surface area contributed by atoms with Crippen LogP contribution in [-0.4, -0.2) is 37.6 Å². The van der Waals surface area contributed by atoms with Gasteiger partial charge in [0.1, 0.15) is 0 Å². The van der Waals surface area contributed by atoms with Crippen molar-refractivity contribution in [3.63, 3.8) is 0 Å². The van der Waals surface area contributed by atoms with E-state index in [1.54, 1.807) is 0 Å². The lowest BCUT2D eigenvalue weighted by Gasteiger charge is -2.31. The zero-order valence-electron chi connectivity index (χ0n) is 10.9. The van der Waals surface area contributed by atoms with Crippen molar-refractivity contribution in [1.29, 1.82) is 0 Å². The molecule has 16 heavy (non-hydrogen) atoms. The predicted molar refractivity (Wildman–Crippen MR) is 69.7 cm³/mol.